The van der Waals surface area contributed by atoms with E-state index >= 15 is 0 Å². The summed E-state index contributed by atoms with van der Waals surface area (Å²) < 4.78 is 50.0. The van der Waals surface area contributed by atoms with E-state index in [2.05, 4.69) is 15.3 Å². The lowest BCUT2D eigenvalue weighted by molar-refractivity contribution is -0.177. The lowest BCUT2D eigenvalue weighted by Crippen LogP contribution is -2.55. The SMILES string of the molecule is CC(C)(C)OC(=O)C(O)[C@H]1OCCN(c2ccn(-c3cnnc(C(F)(F)F)c3)n2)C1=O. The lowest BCUT2D eigenvalue weighted by atomic mass is 10.1. The van der Waals surface area contributed by atoms with Gasteiger partial charge in [0.1, 0.15) is 5.60 Å². The first-order valence-electron chi connectivity index (χ1n) is 9.17. The first-order chi connectivity index (χ1) is 14.4. The number of anilines is 1. The minimum absolute atomic E-state index is 0.00183. The molecule has 1 fully saturated rings. The zero-order valence-corrected chi connectivity index (χ0v) is 16.8. The van der Waals surface area contributed by atoms with Crippen LogP contribution in [0.2, 0.25) is 0 Å². The van der Waals surface area contributed by atoms with Crippen LogP contribution in [0.4, 0.5) is 19.0 Å². The average molecular weight is 443 g/mol. The van der Waals surface area contributed by atoms with E-state index in [4.69, 9.17) is 9.47 Å². The van der Waals surface area contributed by atoms with Gasteiger partial charge in [0.15, 0.2) is 23.7 Å². The third kappa shape index (κ3) is 5.17. The molecule has 0 radical (unpaired) electrons. The van der Waals surface area contributed by atoms with Crippen molar-refractivity contribution in [2.24, 2.45) is 0 Å². The molecule has 1 amide bonds. The second-order valence-electron chi connectivity index (χ2n) is 7.67. The topological polar surface area (TPSA) is 120 Å². The molecule has 1 unspecified atom stereocenters. The number of carbonyl (C=O) groups excluding carboxylic acids is 2. The van der Waals surface area contributed by atoms with E-state index in [0.717, 1.165) is 21.8 Å². The number of aliphatic hydroxyl groups is 1. The first-order valence-corrected chi connectivity index (χ1v) is 9.17. The summed E-state index contributed by atoms with van der Waals surface area (Å²) in [6.07, 6.45) is -5.61. The Hall–Kier alpha value is -3.06. The molecule has 2 aromatic rings. The number of nitrogens with zero attached hydrogens (tertiary/aromatic N) is 5. The van der Waals surface area contributed by atoms with Gasteiger partial charge < -0.3 is 14.6 Å². The van der Waals surface area contributed by atoms with Crippen LogP contribution in [-0.2, 0) is 25.2 Å². The quantitative estimate of drug-likeness (QED) is 0.698. The second kappa shape index (κ2) is 8.23. The third-order valence-corrected chi connectivity index (χ3v) is 4.10. The molecule has 1 aliphatic heterocycles. The van der Waals surface area contributed by atoms with Crippen LogP contribution >= 0.6 is 0 Å². The molecular formula is C18H20F3N5O5. The number of ether oxygens (including phenoxy) is 2. The molecule has 0 spiro atoms. The van der Waals surface area contributed by atoms with Crippen LogP contribution < -0.4 is 4.90 Å². The fourth-order valence-corrected chi connectivity index (χ4v) is 2.77. The highest BCUT2D eigenvalue weighted by atomic mass is 19.4. The maximum atomic E-state index is 12.9. The summed E-state index contributed by atoms with van der Waals surface area (Å²) in [5, 5.41) is 20.7. The number of alkyl halides is 3. The Morgan fingerprint density at radius 3 is 2.71 bits per heavy atom. The van der Waals surface area contributed by atoms with Crippen molar-refractivity contribution in [3.8, 4) is 5.69 Å². The van der Waals surface area contributed by atoms with Crippen LogP contribution in [0.25, 0.3) is 5.69 Å². The van der Waals surface area contributed by atoms with Gasteiger partial charge >= 0.3 is 12.1 Å². The number of carbonyl (C=O) groups is 2. The second-order valence-corrected chi connectivity index (χ2v) is 7.67. The van der Waals surface area contributed by atoms with Crippen LogP contribution in [0.1, 0.15) is 26.5 Å². The monoisotopic (exact) mass is 443 g/mol. The van der Waals surface area contributed by atoms with Gasteiger partial charge in [0, 0.05) is 12.3 Å². The van der Waals surface area contributed by atoms with Gasteiger partial charge in [-0.05, 0) is 26.8 Å². The molecule has 13 heteroatoms. The summed E-state index contributed by atoms with van der Waals surface area (Å²) in [6.45, 7) is 4.89. The number of esters is 1. The predicted octanol–water partition coefficient (Wildman–Crippen LogP) is 1.12. The van der Waals surface area contributed by atoms with Crippen molar-refractivity contribution in [3.05, 3.63) is 30.2 Å². The molecule has 31 heavy (non-hydrogen) atoms. The van der Waals surface area contributed by atoms with Crippen LogP contribution in [0.3, 0.4) is 0 Å². The summed E-state index contributed by atoms with van der Waals surface area (Å²) in [7, 11) is 0. The van der Waals surface area contributed by atoms with Crippen molar-refractivity contribution in [3.63, 3.8) is 0 Å². The van der Waals surface area contributed by atoms with Crippen molar-refractivity contribution < 1.29 is 37.3 Å². The lowest BCUT2D eigenvalue weighted by Gasteiger charge is -2.33. The van der Waals surface area contributed by atoms with Gasteiger partial charge in [0.2, 0.25) is 0 Å². The number of aliphatic hydroxyl groups excluding tert-OH is 1. The Bertz CT molecular complexity index is 972. The Morgan fingerprint density at radius 1 is 1.35 bits per heavy atom. The normalized spacial score (nSPS) is 18.7. The minimum Gasteiger partial charge on any atom is -0.458 e. The third-order valence-electron chi connectivity index (χ3n) is 4.10. The van der Waals surface area contributed by atoms with E-state index in [0.29, 0.717) is 0 Å². The zero-order valence-electron chi connectivity index (χ0n) is 16.8. The average Bonchev–Trinajstić information content (AvgIpc) is 3.16. The zero-order chi connectivity index (χ0) is 23.0. The highest BCUT2D eigenvalue weighted by molar-refractivity contribution is 5.99. The smallest absolute Gasteiger partial charge is 0.435 e. The molecule has 0 bridgehead atoms. The number of hydrogen-bond acceptors (Lipinski definition) is 8. The molecule has 0 aliphatic carbocycles. The summed E-state index contributed by atoms with van der Waals surface area (Å²) in [5.41, 5.74) is -2.08. The summed E-state index contributed by atoms with van der Waals surface area (Å²) in [5.74, 6) is -1.65. The molecule has 3 heterocycles. The van der Waals surface area contributed by atoms with Crippen molar-refractivity contribution >= 4 is 17.7 Å². The fourth-order valence-electron chi connectivity index (χ4n) is 2.77. The van der Waals surface area contributed by atoms with Gasteiger partial charge in [-0.2, -0.15) is 18.3 Å². The predicted molar refractivity (Wildman–Crippen MR) is 98.1 cm³/mol. The fraction of sp³-hybridized carbons (Fsp3) is 0.500. The molecule has 10 nitrogen and oxygen atoms in total. The Morgan fingerprint density at radius 2 is 2.06 bits per heavy atom. The summed E-state index contributed by atoms with van der Waals surface area (Å²) >= 11 is 0. The minimum atomic E-state index is -4.68. The molecular weight excluding hydrogens is 423 g/mol. The van der Waals surface area contributed by atoms with E-state index < -0.39 is 41.6 Å². The van der Waals surface area contributed by atoms with Gasteiger partial charge in [0.25, 0.3) is 5.91 Å². The molecule has 1 saturated heterocycles. The van der Waals surface area contributed by atoms with Gasteiger partial charge in [-0.3, -0.25) is 9.69 Å². The number of rotatable bonds is 4. The maximum absolute atomic E-state index is 12.9. The number of aromatic nitrogens is 4. The largest absolute Gasteiger partial charge is 0.458 e. The van der Waals surface area contributed by atoms with E-state index in [1.807, 2.05) is 0 Å². The number of halogens is 3. The van der Waals surface area contributed by atoms with Gasteiger partial charge in [-0.15, -0.1) is 10.2 Å². The molecule has 2 atom stereocenters. The molecule has 0 aromatic carbocycles. The Balaban J connectivity index is 1.79. The van der Waals surface area contributed by atoms with E-state index in [9.17, 15) is 27.9 Å². The first kappa shape index (κ1) is 22.6. The molecule has 0 saturated carbocycles. The van der Waals surface area contributed by atoms with E-state index in [1.54, 1.807) is 20.8 Å². The Kier molecular flexibility index (Phi) is 6.00. The van der Waals surface area contributed by atoms with Gasteiger partial charge in [-0.25, -0.2) is 9.48 Å². The van der Waals surface area contributed by atoms with E-state index in [-0.39, 0.29) is 24.7 Å². The molecule has 1 aliphatic rings. The number of hydrogen-bond donors (Lipinski definition) is 1. The van der Waals surface area contributed by atoms with E-state index in [1.165, 1.54) is 12.3 Å². The molecule has 168 valence electrons. The van der Waals surface area contributed by atoms with Crippen molar-refractivity contribution in [2.75, 3.05) is 18.1 Å². The molecule has 3 rings (SSSR count). The highest BCUT2D eigenvalue weighted by Gasteiger charge is 2.41. The number of amides is 1. The van der Waals surface area contributed by atoms with Crippen LogP contribution in [0.15, 0.2) is 24.5 Å². The van der Waals surface area contributed by atoms with Crippen LogP contribution in [-0.4, -0.2) is 67.9 Å². The summed E-state index contributed by atoms with van der Waals surface area (Å²) in [4.78, 5) is 26.0. The van der Waals surface area contributed by atoms with Crippen LogP contribution in [0, 0.1) is 0 Å². The molecule has 2 aromatic heterocycles. The Labute approximate surface area is 174 Å². The maximum Gasteiger partial charge on any atom is 0.435 e. The van der Waals surface area contributed by atoms with Gasteiger partial charge in [-0.1, -0.05) is 0 Å². The van der Waals surface area contributed by atoms with Crippen molar-refractivity contribution in [1.29, 1.82) is 0 Å². The standard InChI is InChI=1S/C18H20F3N5O5/c1-17(2,3)31-16(29)13(27)14-15(28)25(6-7-30-14)12-4-5-26(24-12)10-8-11(18(19,20)21)23-22-9-10/h4-5,8-9,13-14,27H,6-7H2,1-3H3/t13?,14-/m1/s1. The van der Waals surface area contributed by atoms with Crippen molar-refractivity contribution in [2.45, 2.75) is 44.8 Å². The van der Waals surface area contributed by atoms with Crippen molar-refractivity contribution in [1.82, 2.24) is 20.0 Å². The number of morpholine rings is 1. The highest BCUT2D eigenvalue weighted by Crippen LogP contribution is 2.28. The van der Waals surface area contributed by atoms with Crippen LogP contribution in [0.5, 0.6) is 0 Å². The van der Waals surface area contributed by atoms with Gasteiger partial charge in [0.05, 0.1) is 25.0 Å². The summed E-state index contributed by atoms with van der Waals surface area (Å²) in [6, 6.07) is 2.16. The molecule has 1 N–H and O–H groups in total.